The molecule has 1 aliphatic heterocycles. The van der Waals surface area contributed by atoms with Crippen LogP contribution in [0.15, 0.2) is 36.7 Å². The van der Waals surface area contributed by atoms with Crippen LogP contribution in [0.4, 0.5) is 5.95 Å². The summed E-state index contributed by atoms with van der Waals surface area (Å²) < 4.78 is 5.52. The van der Waals surface area contributed by atoms with Crippen molar-refractivity contribution in [2.75, 3.05) is 38.6 Å². The number of hydrogen-bond acceptors (Lipinski definition) is 7. The molecule has 1 atom stereocenters. The number of anilines is 1. The minimum Gasteiger partial charge on any atom is -0.494 e. The van der Waals surface area contributed by atoms with E-state index in [1.54, 1.807) is 12.4 Å². The predicted molar refractivity (Wildman–Crippen MR) is 105 cm³/mol. The maximum Gasteiger partial charge on any atom is 0.219 e. The zero-order chi connectivity index (χ0) is 19.1. The SMILES string of the molecule is CCOc1ccc(CN2CCN(Cc3cnc(N)nc3)CC2CCO)cc1. The molecule has 0 amide bonds. The highest BCUT2D eigenvalue weighted by atomic mass is 16.5. The van der Waals surface area contributed by atoms with E-state index >= 15 is 0 Å². The molecule has 0 bridgehead atoms. The molecular formula is C20H29N5O2. The first-order valence-electron chi connectivity index (χ1n) is 9.53. The normalized spacial score (nSPS) is 18.5. The smallest absolute Gasteiger partial charge is 0.219 e. The van der Waals surface area contributed by atoms with Crippen LogP contribution in [-0.4, -0.2) is 63.8 Å². The third-order valence-corrected chi connectivity index (χ3v) is 4.90. The molecule has 1 aliphatic rings. The van der Waals surface area contributed by atoms with E-state index in [9.17, 15) is 5.11 Å². The zero-order valence-electron chi connectivity index (χ0n) is 15.9. The molecule has 3 N–H and O–H groups in total. The van der Waals surface area contributed by atoms with Gasteiger partial charge in [0.15, 0.2) is 0 Å². The highest BCUT2D eigenvalue weighted by Crippen LogP contribution is 2.20. The van der Waals surface area contributed by atoms with Gasteiger partial charge in [0.1, 0.15) is 5.75 Å². The molecule has 7 nitrogen and oxygen atoms in total. The Balaban J connectivity index is 1.59. The van der Waals surface area contributed by atoms with Crippen molar-refractivity contribution in [3.63, 3.8) is 0 Å². The number of nitrogens with two attached hydrogens (primary N) is 1. The lowest BCUT2D eigenvalue weighted by molar-refractivity contribution is 0.0499. The molecule has 1 unspecified atom stereocenters. The van der Waals surface area contributed by atoms with Crippen LogP contribution >= 0.6 is 0 Å². The second-order valence-electron chi connectivity index (χ2n) is 6.90. The van der Waals surface area contributed by atoms with Gasteiger partial charge in [0.05, 0.1) is 6.61 Å². The summed E-state index contributed by atoms with van der Waals surface area (Å²) in [5.74, 6) is 1.21. The quantitative estimate of drug-likeness (QED) is 0.727. The van der Waals surface area contributed by atoms with Crippen molar-refractivity contribution < 1.29 is 9.84 Å². The minimum atomic E-state index is 0.198. The molecule has 1 fully saturated rings. The van der Waals surface area contributed by atoms with Gasteiger partial charge >= 0.3 is 0 Å². The topological polar surface area (TPSA) is 87.7 Å². The maximum absolute atomic E-state index is 9.51. The summed E-state index contributed by atoms with van der Waals surface area (Å²) in [5.41, 5.74) is 7.89. The molecule has 27 heavy (non-hydrogen) atoms. The fourth-order valence-corrected chi connectivity index (χ4v) is 3.53. The lowest BCUT2D eigenvalue weighted by Gasteiger charge is -2.41. The number of aliphatic hydroxyl groups excluding tert-OH is 1. The second kappa shape index (κ2) is 9.64. The van der Waals surface area contributed by atoms with Gasteiger partial charge in [-0.1, -0.05) is 12.1 Å². The van der Waals surface area contributed by atoms with Gasteiger partial charge in [-0.2, -0.15) is 0 Å². The number of rotatable bonds is 8. The van der Waals surface area contributed by atoms with Crippen LogP contribution in [0.3, 0.4) is 0 Å². The van der Waals surface area contributed by atoms with Crippen molar-refractivity contribution >= 4 is 5.95 Å². The van der Waals surface area contributed by atoms with E-state index in [0.717, 1.165) is 50.5 Å². The molecule has 1 saturated heterocycles. The molecule has 0 saturated carbocycles. The van der Waals surface area contributed by atoms with Crippen molar-refractivity contribution in [2.24, 2.45) is 0 Å². The Morgan fingerprint density at radius 2 is 1.85 bits per heavy atom. The molecule has 1 aromatic heterocycles. The van der Waals surface area contributed by atoms with Gasteiger partial charge < -0.3 is 15.6 Å². The molecule has 7 heteroatoms. The Kier molecular flexibility index (Phi) is 6.98. The van der Waals surface area contributed by atoms with Gasteiger partial charge in [-0.15, -0.1) is 0 Å². The molecule has 2 aromatic rings. The number of aliphatic hydroxyl groups is 1. The summed E-state index contributed by atoms with van der Waals surface area (Å²) in [6.07, 6.45) is 4.34. The monoisotopic (exact) mass is 371 g/mol. The fourth-order valence-electron chi connectivity index (χ4n) is 3.53. The standard InChI is InChI=1S/C20H29N5O2/c1-2-27-19-5-3-16(4-6-19)14-25-9-8-24(15-18(25)7-10-26)13-17-11-22-20(21)23-12-17/h3-6,11-12,18,26H,2,7-10,13-15H2,1H3,(H2,21,22,23). The number of aromatic nitrogens is 2. The summed E-state index contributed by atoms with van der Waals surface area (Å²) in [5, 5.41) is 9.51. The Morgan fingerprint density at radius 1 is 1.11 bits per heavy atom. The van der Waals surface area contributed by atoms with E-state index in [2.05, 4.69) is 31.9 Å². The van der Waals surface area contributed by atoms with Gasteiger partial charge in [-0.3, -0.25) is 9.80 Å². The maximum atomic E-state index is 9.51. The Labute approximate surface area is 160 Å². The van der Waals surface area contributed by atoms with Crippen molar-refractivity contribution in [2.45, 2.75) is 32.5 Å². The average molecular weight is 371 g/mol. The lowest BCUT2D eigenvalue weighted by Crippen LogP contribution is -2.52. The summed E-state index contributed by atoms with van der Waals surface area (Å²) >= 11 is 0. The van der Waals surface area contributed by atoms with E-state index in [0.29, 0.717) is 18.6 Å². The van der Waals surface area contributed by atoms with E-state index in [4.69, 9.17) is 10.5 Å². The van der Waals surface area contributed by atoms with Crippen molar-refractivity contribution in [3.8, 4) is 5.75 Å². The Morgan fingerprint density at radius 3 is 2.52 bits per heavy atom. The molecule has 1 aromatic carbocycles. The van der Waals surface area contributed by atoms with E-state index in [1.807, 2.05) is 19.1 Å². The predicted octanol–water partition coefficient (Wildman–Crippen LogP) is 1.53. The first-order chi connectivity index (χ1) is 13.2. The average Bonchev–Trinajstić information content (AvgIpc) is 2.68. The van der Waals surface area contributed by atoms with Gasteiger partial charge in [-0.25, -0.2) is 9.97 Å². The van der Waals surface area contributed by atoms with Crippen molar-refractivity contribution in [1.82, 2.24) is 19.8 Å². The first kappa shape index (κ1) is 19.5. The summed E-state index contributed by atoms with van der Waals surface area (Å²) in [7, 11) is 0. The Hall–Kier alpha value is -2.22. The van der Waals surface area contributed by atoms with Crippen LogP contribution in [0, 0.1) is 0 Å². The number of nitrogens with zero attached hydrogens (tertiary/aromatic N) is 4. The molecule has 0 radical (unpaired) electrons. The van der Waals surface area contributed by atoms with Gasteiger partial charge in [-0.05, 0) is 31.0 Å². The molecular weight excluding hydrogens is 342 g/mol. The molecule has 0 aliphatic carbocycles. The van der Waals surface area contributed by atoms with Gasteiger partial charge in [0.2, 0.25) is 5.95 Å². The Bertz CT molecular complexity index is 693. The van der Waals surface area contributed by atoms with E-state index in [1.165, 1.54) is 5.56 Å². The third-order valence-electron chi connectivity index (χ3n) is 4.90. The van der Waals surface area contributed by atoms with E-state index < -0.39 is 0 Å². The highest BCUT2D eigenvalue weighted by Gasteiger charge is 2.26. The minimum absolute atomic E-state index is 0.198. The largest absolute Gasteiger partial charge is 0.494 e. The molecule has 0 spiro atoms. The summed E-state index contributed by atoms with van der Waals surface area (Å²) in [4.78, 5) is 13.0. The number of benzene rings is 1. The summed E-state index contributed by atoms with van der Waals surface area (Å²) in [6, 6.07) is 8.62. The lowest BCUT2D eigenvalue weighted by atomic mass is 10.1. The highest BCUT2D eigenvalue weighted by molar-refractivity contribution is 5.27. The number of ether oxygens (including phenoxy) is 1. The van der Waals surface area contributed by atoms with Crippen LogP contribution in [0.5, 0.6) is 5.75 Å². The molecule has 3 rings (SSSR count). The van der Waals surface area contributed by atoms with Crippen LogP contribution < -0.4 is 10.5 Å². The number of piperazine rings is 1. The van der Waals surface area contributed by atoms with Gasteiger partial charge in [0.25, 0.3) is 0 Å². The number of nitrogen functional groups attached to an aromatic ring is 1. The van der Waals surface area contributed by atoms with Crippen molar-refractivity contribution in [1.29, 1.82) is 0 Å². The van der Waals surface area contributed by atoms with Crippen LogP contribution in [0.25, 0.3) is 0 Å². The van der Waals surface area contributed by atoms with Crippen LogP contribution in [0.2, 0.25) is 0 Å². The molecule has 2 heterocycles. The van der Waals surface area contributed by atoms with Crippen LogP contribution in [0.1, 0.15) is 24.5 Å². The molecule has 146 valence electrons. The van der Waals surface area contributed by atoms with E-state index in [-0.39, 0.29) is 6.61 Å². The first-order valence-corrected chi connectivity index (χ1v) is 9.53. The zero-order valence-corrected chi connectivity index (χ0v) is 15.9. The summed E-state index contributed by atoms with van der Waals surface area (Å²) in [6.45, 7) is 7.42. The fraction of sp³-hybridized carbons (Fsp3) is 0.500. The third kappa shape index (κ3) is 5.63. The van der Waals surface area contributed by atoms with Crippen molar-refractivity contribution in [3.05, 3.63) is 47.8 Å². The second-order valence-corrected chi connectivity index (χ2v) is 6.90. The van der Waals surface area contributed by atoms with Gasteiger partial charge in [0, 0.05) is 63.3 Å². The van der Waals surface area contributed by atoms with Crippen LogP contribution in [-0.2, 0) is 13.1 Å². The number of hydrogen-bond donors (Lipinski definition) is 2.